The molecule has 3 rings (SSSR count). The lowest BCUT2D eigenvalue weighted by atomic mass is 10.1. The third-order valence-electron chi connectivity index (χ3n) is 2.47. The largest absolute Gasteiger partial charge is 0.442 e. The highest BCUT2D eigenvalue weighted by atomic mass is 35.5. The van der Waals surface area contributed by atoms with E-state index in [-0.39, 0.29) is 11.0 Å². The number of nitrogens with zero attached hydrogens (tertiary/aromatic N) is 1. The van der Waals surface area contributed by atoms with E-state index in [1.165, 1.54) is 18.5 Å². The molecule has 2 heterocycles. The van der Waals surface area contributed by atoms with E-state index < -0.39 is 0 Å². The van der Waals surface area contributed by atoms with E-state index in [9.17, 15) is 4.39 Å². The number of H-pyrrole nitrogens is 1. The highest BCUT2D eigenvalue weighted by Gasteiger charge is 2.18. The van der Waals surface area contributed by atoms with Crippen LogP contribution in [0.15, 0.2) is 29.0 Å². The van der Waals surface area contributed by atoms with E-state index in [0.29, 0.717) is 27.4 Å². The van der Waals surface area contributed by atoms with Crippen LogP contribution in [0.25, 0.3) is 22.2 Å². The van der Waals surface area contributed by atoms with Crippen molar-refractivity contribution in [1.29, 1.82) is 0 Å². The summed E-state index contributed by atoms with van der Waals surface area (Å²) in [6, 6.07) is 4.32. The van der Waals surface area contributed by atoms with Crippen molar-refractivity contribution < 1.29 is 8.81 Å². The summed E-state index contributed by atoms with van der Waals surface area (Å²) in [6.45, 7) is 0. The number of benzene rings is 1. The van der Waals surface area contributed by atoms with Crippen molar-refractivity contribution in [2.24, 2.45) is 0 Å². The number of oxazole rings is 1. The number of halogens is 3. The lowest BCUT2D eigenvalue weighted by Gasteiger charge is -1.96. The second-order valence-electron chi connectivity index (χ2n) is 3.48. The van der Waals surface area contributed by atoms with Crippen LogP contribution in [0.2, 0.25) is 10.3 Å². The second-order valence-corrected chi connectivity index (χ2v) is 4.21. The number of hydrogen-bond acceptors (Lipinski definition) is 2. The Morgan fingerprint density at radius 2 is 2.12 bits per heavy atom. The van der Waals surface area contributed by atoms with Crippen LogP contribution >= 0.6 is 23.2 Å². The Morgan fingerprint density at radius 1 is 1.29 bits per heavy atom. The van der Waals surface area contributed by atoms with Gasteiger partial charge in [0.1, 0.15) is 11.0 Å². The van der Waals surface area contributed by atoms with Gasteiger partial charge < -0.3 is 9.40 Å². The average molecular weight is 271 g/mol. The van der Waals surface area contributed by atoms with E-state index in [4.69, 9.17) is 27.6 Å². The SMILES string of the molecule is Fc1ccc2[nH]c(Cl)c(-c3ocnc3Cl)c2c1. The minimum Gasteiger partial charge on any atom is -0.442 e. The normalized spacial score (nSPS) is 11.2. The molecule has 3 aromatic rings. The standard InChI is InChI=1S/C11H5Cl2FN2O/c12-10-8(9-11(13)15-4-17-9)6-3-5(14)1-2-7(6)16-10/h1-4,16H. The van der Waals surface area contributed by atoms with Crippen molar-refractivity contribution in [3.05, 3.63) is 40.7 Å². The van der Waals surface area contributed by atoms with E-state index in [2.05, 4.69) is 9.97 Å². The van der Waals surface area contributed by atoms with Gasteiger partial charge >= 0.3 is 0 Å². The third-order valence-corrected chi connectivity index (χ3v) is 3.02. The Kier molecular flexibility index (Phi) is 2.34. The first-order valence-electron chi connectivity index (χ1n) is 4.73. The van der Waals surface area contributed by atoms with Gasteiger partial charge in [-0.3, -0.25) is 0 Å². The molecule has 1 N–H and O–H groups in total. The van der Waals surface area contributed by atoms with Crippen molar-refractivity contribution >= 4 is 34.1 Å². The maximum atomic E-state index is 13.2. The lowest BCUT2D eigenvalue weighted by molar-refractivity contribution is 0.572. The molecule has 0 bridgehead atoms. The monoisotopic (exact) mass is 270 g/mol. The predicted molar refractivity (Wildman–Crippen MR) is 63.8 cm³/mol. The van der Waals surface area contributed by atoms with Crippen LogP contribution in [0.3, 0.4) is 0 Å². The molecular weight excluding hydrogens is 266 g/mol. The summed E-state index contributed by atoms with van der Waals surface area (Å²) in [4.78, 5) is 6.70. The molecule has 1 aromatic carbocycles. The summed E-state index contributed by atoms with van der Waals surface area (Å²) >= 11 is 11.9. The summed E-state index contributed by atoms with van der Waals surface area (Å²) in [7, 11) is 0. The van der Waals surface area contributed by atoms with Crippen molar-refractivity contribution in [1.82, 2.24) is 9.97 Å². The average Bonchev–Trinajstić information content (AvgIpc) is 2.81. The number of hydrogen-bond donors (Lipinski definition) is 1. The molecule has 0 saturated carbocycles. The molecule has 0 atom stereocenters. The van der Waals surface area contributed by atoms with Gasteiger partial charge in [-0.25, -0.2) is 9.37 Å². The summed E-state index contributed by atoms with van der Waals surface area (Å²) in [5.41, 5.74) is 1.22. The predicted octanol–water partition coefficient (Wildman–Crippen LogP) is 4.27. The fraction of sp³-hybridized carbons (Fsp3) is 0. The lowest BCUT2D eigenvalue weighted by Crippen LogP contribution is -1.76. The molecule has 0 aliphatic rings. The molecule has 0 spiro atoms. The molecule has 86 valence electrons. The van der Waals surface area contributed by atoms with Gasteiger partial charge in [-0.2, -0.15) is 0 Å². The van der Waals surface area contributed by atoms with Gasteiger partial charge in [-0.15, -0.1) is 0 Å². The second kappa shape index (κ2) is 3.75. The molecular formula is C11H5Cl2FN2O. The van der Waals surface area contributed by atoms with Crippen LogP contribution < -0.4 is 0 Å². The van der Waals surface area contributed by atoms with Crippen LogP contribution in [0, 0.1) is 5.82 Å². The molecule has 6 heteroatoms. The van der Waals surface area contributed by atoms with E-state index in [1.807, 2.05) is 0 Å². The molecule has 0 aliphatic carbocycles. The van der Waals surface area contributed by atoms with Gasteiger partial charge in [-0.1, -0.05) is 23.2 Å². The van der Waals surface area contributed by atoms with Gasteiger partial charge in [0.25, 0.3) is 0 Å². The Balaban J connectivity index is 2.39. The van der Waals surface area contributed by atoms with Crippen molar-refractivity contribution in [2.75, 3.05) is 0 Å². The number of rotatable bonds is 1. The van der Waals surface area contributed by atoms with E-state index in [1.54, 1.807) is 6.07 Å². The first-order chi connectivity index (χ1) is 8.16. The topological polar surface area (TPSA) is 41.8 Å². The maximum Gasteiger partial charge on any atom is 0.182 e. The van der Waals surface area contributed by atoms with Crippen molar-refractivity contribution in [3.8, 4) is 11.3 Å². The number of aromatic amines is 1. The highest BCUT2D eigenvalue weighted by Crippen LogP contribution is 2.38. The fourth-order valence-electron chi connectivity index (χ4n) is 1.75. The maximum absolute atomic E-state index is 13.2. The quantitative estimate of drug-likeness (QED) is 0.718. The molecule has 0 radical (unpaired) electrons. The third kappa shape index (κ3) is 1.61. The van der Waals surface area contributed by atoms with Crippen molar-refractivity contribution in [2.45, 2.75) is 0 Å². The van der Waals surface area contributed by atoms with Gasteiger partial charge in [-0.05, 0) is 18.2 Å². The zero-order chi connectivity index (χ0) is 12.0. The Morgan fingerprint density at radius 3 is 2.82 bits per heavy atom. The number of nitrogens with one attached hydrogen (secondary N) is 1. The van der Waals surface area contributed by atoms with Gasteiger partial charge in [0.2, 0.25) is 0 Å². The summed E-state index contributed by atoms with van der Waals surface area (Å²) < 4.78 is 18.4. The molecule has 0 aliphatic heterocycles. The zero-order valence-electron chi connectivity index (χ0n) is 8.30. The van der Waals surface area contributed by atoms with Gasteiger partial charge in [0.15, 0.2) is 17.3 Å². The summed E-state index contributed by atoms with van der Waals surface area (Å²) in [6.07, 6.45) is 1.21. The van der Waals surface area contributed by atoms with Crippen LogP contribution in [0.4, 0.5) is 4.39 Å². The Labute approximate surface area is 105 Å². The van der Waals surface area contributed by atoms with Crippen molar-refractivity contribution in [3.63, 3.8) is 0 Å². The smallest absolute Gasteiger partial charge is 0.182 e. The summed E-state index contributed by atoms with van der Waals surface area (Å²) in [5.74, 6) is -0.0291. The zero-order valence-corrected chi connectivity index (χ0v) is 9.81. The van der Waals surface area contributed by atoms with Crippen LogP contribution in [-0.4, -0.2) is 9.97 Å². The van der Waals surface area contributed by atoms with Crippen LogP contribution in [0.5, 0.6) is 0 Å². The Bertz CT molecular complexity index is 705. The van der Waals surface area contributed by atoms with Gasteiger partial charge in [0.05, 0.1) is 5.56 Å². The molecule has 0 amide bonds. The minimum absolute atomic E-state index is 0.192. The van der Waals surface area contributed by atoms with E-state index >= 15 is 0 Å². The summed E-state index contributed by atoms with van der Waals surface area (Å²) in [5, 5.41) is 1.13. The molecule has 17 heavy (non-hydrogen) atoms. The molecule has 0 fully saturated rings. The van der Waals surface area contributed by atoms with E-state index in [0.717, 1.165) is 0 Å². The van der Waals surface area contributed by atoms with Gasteiger partial charge in [0, 0.05) is 10.9 Å². The molecule has 2 aromatic heterocycles. The molecule has 0 saturated heterocycles. The minimum atomic E-state index is -0.356. The molecule has 3 nitrogen and oxygen atoms in total. The number of fused-ring (bicyclic) bond motifs is 1. The first kappa shape index (κ1) is 10.6. The Hall–Kier alpha value is -1.52. The number of aromatic nitrogens is 2. The molecule has 0 unspecified atom stereocenters. The van der Waals surface area contributed by atoms with Crippen LogP contribution in [0.1, 0.15) is 0 Å². The highest BCUT2D eigenvalue weighted by molar-refractivity contribution is 6.36. The fourth-order valence-corrected chi connectivity index (χ4v) is 2.22. The van der Waals surface area contributed by atoms with Crippen LogP contribution in [-0.2, 0) is 0 Å². The first-order valence-corrected chi connectivity index (χ1v) is 5.48.